The molecule has 0 bridgehead atoms. The number of terminal acetylenes is 1. The van der Waals surface area contributed by atoms with E-state index in [4.69, 9.17) is 12.2 Å². The Balaban J connectivity index is 3.16. The lowest BCUT2D eigenvalue weighted by atomic mass is 10.0. The highest BCUT2D eigenvalue weighted by molar-refractivity contribution is 5.70. The average molecular weight is 157 g/mol. The second kappa shape index (κ2) is 3.75. The van der Waals surface area contributed by atoms with Crippen molar-refractivity contribution in [2.75, 3.05) is 6.54 Å². The van der Waals surface area contributed by atoms with Crippen molar-refractivity contribution in [2.24, 2.45) is 5.73 Å². The van der Waals surface area contributed by atoms with Gasteiger partial charge in [-0.3, -0.25) is 0 Å². The predicted octanol–water partition coefficient (Wildman–Crippen LogP) is 1.64. The third kappa shape index (κ3) is 1.55. The van der Waals surface area contributed by atoms with E-state index in [0.29, 0.717) is 6.54 Å². The Morgan fingerprint density at radius 2 is 2.17 bits per heavy atom. The molecule has 0 atom stereocenters. The van der Waals surface area contributed by atoms with Crippen LogP contribution in [0, 0.1) is 12.3 Å². The van der Waals surface area contributed by atoms with Crippen LogP contribution in [0.4, 0.5) is 0 Å². The molecule has 0 fully saturated rings. The van der Waals surface area contributed by atoms with Crippen LogP contribution in [0.2, 0.25) is 0 Å². The van der Waals surface area contributed by atoms with Crippen molar-refractivity contribution in [3.63, 3.8) is 0 Å². The molecule has 12 heavy (non-hydrogen) atoms. The number of hydrogen-bond acceptors (Lipinski definition) is 1. The molecule has 0 heterocycles. The summed E-state index contributed by atoms with van der Waals surface area (Å²) >= 11 is 0. The fourth-order valence-corrected chi connectivity index (χ4v) is 1.03. The van der Waals surface area contributed by atoms with E-state index >= 15 is 0 Å². The van der Waals surface area contributed by atoms with Gasteiger partial charge < -0.3 is 5.73 Å². The van der Waals surface area contributed by atoms with Gasteiger partial charge in [0.15, 0.2) is 0 Å². The first-order chi connectivity index (χ1) is 5.79. The van der Waals surface area contributed by atoms with Crippen molar-refractivity contribution >= 4 is 5.57 Å². The Morgan fingerprint density at radius 1 is 1.50 bits per heavy atom. The molecule has 60 valence electrons. The van der Waals surface area contributed by atoms with Gasteiger partial charge in [-0.15, -0.1) is 6.42 Å². The maximum Gasteiger partial charge on any atom is 0.0318 e. The zero-order valence-electron chi connectivity index (χ0n) is 6.88. The summed E-state index contributed by atoms with van der Waals surface area (Å²) in [6.45, 7) is 4.27. The number of benzene rings is 1. The quantitative estimate of drug-likeness (QED) is 0.649. The summed E-state index contributed by atoms with van der Waals surface area (Å²) < 4.78 is 0. The second-order valence-electron chi connectivity index (χ2n) is 2.50. The molecule has 1 nitrogen and oxygen atoms in total. The molecule has 0 aliphatic rings. The van der Waals surface area contributed by atoms with Crippen molar-refractivity contribution < 1.29 is 0 Å². The summed E-state index contributed by atoms with van der Waals surface area (Å²) in [5.74, 6) is 2.59. The van der Waals surface area contributed by atoms with E-state index < -0.39 is 0 Å². The fraction of sp³-hybridized carbons (Fsp3) is 0.0909. The standard InChI is InChI=1S/C11H11N/c1-3-10-6-4-5-7-11(10)9(2)8-12/h1,4-7H,2,8,12H2. The van der Waals surface area contributed by atoms with E-state index in [0.717, 1.165) is 16.7 Å². The molecular formula is C11H11N. The van der Waals surface area contributed by atoms with E-state index in [2.05, 4.69) is 12.5 Å². The lowest BCUT2D eigenvalue weighted by Gasteiger charge is -2.04. The van der Waals surface area contributed by atoms with Gasteiger partial charge in [-0.25, -0.2) is 0 Å². The number of hydrogen-bond donors (Lipinski definition) is 1. The van der Waals surface area contributed by atoms with Crippen molar-refractivity contribution in [3.8, 4) is 12.3 Å². The molecular weight excluding hydrogens is 146 g/mol. The summed E-state index contributed by atoms with van der Waals surface area (Å²) in [6, 6.07) is 7.65. The minimum Gasteiger partial charge on any atom is -0.326 e. The molecule has 0 unspecified atom stereocenters. The molecule has 0 aromatic heterocycles. The zero-order chi connectivity index (χ0) is 8.97. The first-order valence-corrected chi connectivity index (χ1v) is 3.73. The predicted molar refractivity (Wildman–Crippen MR) is 52.5 cm³/mol. The van der Waals surface area contributed by atoms with Crippen molar-refractivity contribution in [1.82, 2.24) is 0 Å². The van der Waals surface area contributed by atoms with Gasteiger partial charge in [0.05, 0.1) is 0 Å². The van der Waals surface area contributed by atoms with E-state index in [1.807, 2.05) is 24.3 Å². The molecule has 1 heteroatoms. The Bertz CT molecular complexity index is 331. The number of rotatable bonds is 2. The first-order valence-electron chi connectivity index (χ1n) is 3.73. The van der Waals surface area contributed by atoms with Crippen LogP contribution in [-0.2, 0) is 0 Å². The van der Waals surface area contributed by atoms with E-state index in [-0.39, 0.29) is 0 Å². The lowest BCUT2D eigenvalue weighted by molar-refractivity contribution is 1.27. The molecule has 0 aliphatic carbocycles. The van der Waals surface area contributed by atoms with Crippen LogP contribution >= 0.6 is 0 Å². The Labute approximate surface area is 72.9 Å². The van der Waals surface area contributed by atoms with Crippen LogP contribution in [0.25, 0.3) is 5.57 Å². The zero-order valence-corrected chi connectivity index (χ0v) is 6.88. The van der Waals surface area contributed by atoms with Crippen LogP contribution in [0.15, 0.2) is 30.8 Å². The molecule has 0 aliphatic heterocycles. The molecule has 1 rings (SSSR count). The highest BCUT2D eigenvalue weighted by Crippen LogP contribution is 2.15. The van der Waals surface area contributed by atoms with Crippen molar-refractivity contribution in [3.05, 3.63) is 42.0 Å². The second-order valence-corrected chi connectivity index (χ2v) is 2.50. The fourth-order valence-electron chi connectivity index (χ4n) is 1.03. The van der Waals surface area contributed by atoms with Gasteiger partial charge in [-0.05, 0) is 17.2 Å². The smallest absolute Gasteiger partial charge is 0.0318 e. The molecule has 1 aromatic rings. The summed E-state index contributed by atoms with van der Waals surface area (Å²) in [6.07, 6.45) is 5.31. The Morgan fingerprint density at radius 3 is 2.75 bits per heavy atom. The summed E-state index contributed by atoms with van der Waals surface area (Å²) in [5, 5.41) is 0. The molecule has 0 spiro atoms. The van der Waals surface area contributed by atoms with Crippen LogP contribution in [-0.4, -0.2) is 6.54 Å². The van der Waals surface area contributed by atoms with Crippen molar-refractivity contribution in [1.29, 1.82) is 0 Å². The van der Waals surface area contributed by atoms with Crippen LogP contribution in [0.5, 0.6) is 0 Å². The van der Waals surface area contributed by atoms with Gasteiger partial charge in [0, 0.05) is 12.1 Å². The summed E-state index contributed by atoms with van der Waals surface area (Å²) in [5.41, 5.74) is 8.17. The topological polar surface area (TPSA) is 26.0 Å². The molecule has 0 saturated carbocycles. The van der Waals surface area contributed by atoms with Crippen LogP contribution in [0.1, 0.15) is 11.1 Å². The van der Waals surface area contributed by atoms with Gasteiger partial charge in [0.1, 0.15) is 0 Å². The SMILES string of the molecule is C#Cc1ccccc1C(=C)CN. The summed E-state index contributed by atoms with van der Waals surface area (Å²) in [4.78, 5) is 0. The molecule has 0 radical (unpaired) electrons. The molecule has 0 amide bonds. The lowest BCUT2D eigenvalue weighted by Crippen LogP contribution is -2.02. The maximum atomic E-state index is 5.46. The van der Waals surface area contributed by atoms with E-state index in [1.54, 1.807) is 0 Å². The highest BCUT2D eigenvalue weighted by atomic mass is 14.5. The average Bonchev–Trinajstić information content (AvgIpc) is 2.16. The third-order valence-corrected chi connectivity index (χ3v) is 1.71. The van der Waals surface area contributed by atoms with Gasteiger partial charge in [0.25, 0.3) is 0 Å². The minimum absolute atomic E-state index is 0.443. The first kappa shape index (κ1) is 8.58. The van der Waals surface area contributed by atoms with Crippen LogP contribution < -0.4 is 5.73 Å². The van der Waals surface area contributed by atoms with Crippen molar-refractivity contribution in [2.45, 2.75) is 0 Å². The third-order valence-electron chi connectivity index (χ3n) is 1.71. The Hall–Kier alpha value is -1.52. The molecule has 2 N–H and O–H groups in total. The largest absolute Gasteiger partial charge is 0.326 e. The molecule has 1 aromatic carbocycles. The normalized spacial score (nSPS) is 9.00. The van der Waals surface area contributed by atoms with E-state index in [9.17, 15) is 0 Å². The maximum absolute atomic E-state index is 5.46. The van der Waals surface area contributed by atoms with Gasteiger partial charge in [-0.2, -0.15) is 0 Å². The minimum atomic E-state index is 0.443. The monoisotopic (exact) mass is 157 g/mol. The van der Waals surface area contributed by atoms with E-state index in [1.165, 1.54) is 0 Å². The Kier molecular flexibility index (Phi) is 2.68. The number of nitrogens with two attached hydrogens (primary N) is 1. The highest BCUT2D eigenvalue weighted by Gasteiger charge is 2.00. The van der Waals surface area contributed by atoms with Gasteiger partial charge in [-0.1, -0.05) is 30.7 Å². The van der Waals surface area contributed by atoms with Gasteiger partial charge >= 0.3 is 0 Å². The molecule has 0 saturated heterocycles. The van der Waals surface area contributed by atoms with Gasteiger partial charge in [0.2, 0.25) is 0 Å². The summed E-state index contributed by atoms with van der Waals surface area (Å²) in [7, 11) is 0. The van der Waals surface area contributed by atoms with Crippen LogP contribution in [0.3, 0.4) is 0 Å².